The fourth-order valence-electron chi connectivity index (χ4n) is 2.90. The molecule has 0 spiro atoms. The van der Waals surface area contributed by atoms with Crippen molar-refractivity contribution in [2.75, 3.05) is 6.61 Å². The van der Waals surface area contributed by atoms with Crippen LogP contribution in [0.3, 0.4) is 0 Å². The van der Waals surface area contributed by atoms with E-state index in [1.165, 1.54) is 38.5 Å². The van der Waals surface area contributed by atoms with E-state index in [0.29, 0.717) is 6.42 Å². The summed E-state index contributed by atoms with van der Waals surface area (Å²) in [5.74, 6) is -0.813. The molecule has 0 fully saturated rings. The van der Waals surface area contributed by atoms with Crippen molar-refractivity contribution in [2.24, 2.45) is 0 Å². The van der Waals surface area contributed by atoms with E-state index in [0.717, 1.165) is 38.5 Å². The van der Waals surface area contributed by atoms with Crippen molar-refractivity contribution in [3.8, 4) is 0 Å². The van der Waals surface area contributed by atoms with E-state index in [2.05, 4.69) is 28.3 Å². The van der Waals surface area contributed by atoms with Gasteiger partial charge in [0.15, 0.2) is 6.10 Å². The normalized spacial score (nSPS) is 13.3. The summed E-state index contributed by atoms with van der Waals surface area (Å²) in [6, 6.07) is 0. The second kappa shape index (κ2) is 18.9. The number of ether oxygens (including phenoxy) is 1. The van der Waals surface area contributed by atoms with E-state index < -0.39 is 32.9 Å². The van der Waals surface area contributed by atoms with Crippen LogP contribution in [0, 0.1) is 0 Å². The third kappa shape index (κ3) is 20.5. The molecule has 0 bridgehead atoms. The van der Waals surface area contributed by atoms with Crippen molar-refractivity contribution < 1.29 is 37.2 Å². The van der Waals surface area contributed by atoms with Crippen LogP contribution in [0.25, 0.3) is 0 Å². The van der Waals surface area contributed by atoms with Gasteiger partial charge in [0.05, 0.1) is 0 Å². The fourth-order valence-corrected chi connectivity index (χ4v) is 3.24. The van der Waals surface area contributed by atoms with Gasteiger partial charge in [-0.1, -0.05) is 70.4 Å². The monoisotopic (exact) mass is 456 g/mol. The highest BCUT2D eigenvalue weighted by atomic mass is 31.2. The molecule has 30 heavy (non-hydrogen) atoms. The van der Waals surface area contributed by atoms with Crippen molar-refractivity contribution in [1.29, 1.82) is 0 Å². The summed E-state index contributed by atoms with van der Waals surface area (Å²) in [4.78, 5) is 28.7. The van der Waals surface area contributed by atoms with Gasteiger partial charge in [0.25, 0.3) is 6.43 Å². The third-order valence-corrected chi connectivity index (χ3v) is 5.10. The lowest BCUT2D eigenvalue weighted by Crippen LogP contribution is -2.30. The molecule has 0 radical (unpaired) electrons. The molecule has 0 saturated carbocycles. The topological polar surface area (TPSA) is 93.1 Å². The van der Waals surface area contributed by atoms with Gasteiger partial charge >= 0.3 is 13.8 Å². The Morgan fingerprint density at radius 3 is 1.90 bits per heavy atom. The van der Waals surface area contributed by atoms with Gasteiger partial charge in [0.2, 0.25) is 0 Å². The van der Waals surface area contributed by atoms with Crippen molar-refractivity contribution in [2.45, 2.75) is 109 Å². The van der Waals surface area contributed by atoms with Gasteiger partial charge in [0.1, 0.15) is 6.61 Å². The third-order valence-electron chi connectivity index (χ3n) is 4.61. The highest BCUT2D eigenvalue weighted by molar-refractivity contribution is 7.46. The summed E-state index contributed by atoms with van der Waals surface area (Å²) in [6.45, 7) is 1.18. The van der Waals surface area contributed by atoms with Crippen LogP contribution in [0.1, 0.15) is 96.8 Å². The van der Waals surface area contributed by atoms with Crippen LogP contribution >= 0.6 is 7.82 Å². The predicted molar refractivity (Wildman–Crippen MR) is 113 cm³/mol. The number of phosphoric ester groups is 1. The second-order valence-corrected chi connectivity index (χ2v) is 8.72. The number of carbonyl (C=O) groups excluding carboxylic acids is 1. The van der Waals surface area contributed by atoms with Crippen molar-refractivity contribution in [1.82, 2.24) is 0 Å². The first-order valence-corrected chi connectivity index (χ1v) is 12.6. The van der Waals surface area contributed by atoms with Crippen molar-refractivity contribution >= 4 is 13.8 Å². The van der Waals surface area contributed by atoms with Crippen LogP contribution in [-0.4, -0.2) is 34.9 Å². The minimum absolute atomic E-state index is 0.00269. The smallest absolute Gasteiger partial charge is 0.454 e. The van der Waals surface area contributed by atoms with Gasteiger partial charge in [-0.25, -0.2) is 13.3 Å². The van der Waals surface area contributed by atoms with Gasteiger partial charge in [0, 0.05) is 6.42 Å². The largest absolute Gasteiger partial charge is 0.469 e. The standard InChI is InChI=1S/C21H39F2O6P/c1-2-3-4-5-6-7-8-9-10-11-12-13-14-15-16-17-20(24)29-19(21(22)23)18-28-30(25,26)27/h9-10,19,21H,2-8,11-18H2,1H3,(H2,25,26,27)/b10-9-/t19-/m1/s1. The van der Waals surface area contributed by atoms with Gasteiger partial charge < -0.3 is 14.5 Å². The minimum Gasteiger partial charge on any atom is -0.454 e. The van der Waals surface area contributed by atoms with E-state index in [1.54, 1.807) is 0 Å². The average Bonchev–Trinajstić information content (AvgIpc) is 2.67. The lowest BCUT2D eigenvalue weighted by molar-refractivity contribution is -0.160. The highest BCUT2D eigenvalue weighted by Gasteiger charge is 2.28. The number of alkyl halides is 2. The SMILES string of the molecule is CCCCCCCC/C=C\CCCCCCCC(=O)O[C@H](COP(=O)(O)O)C(F)F. The molecule has 6 nitrogen and oxygen atoms in total. The number of carbonyl (C=O) groups is 1. The number of esters is 1. The quantitative estimate of drug-likeness (QED) is 0.0965. The zero-order chi connectivity index (χ0) is 22.7. The van der Waals surface area contributed by atoms with Gasteiger partial charge in [-0.15, -0.1) is 0 Å². The fraction of sp³-hybridized carbons (Fsp3) is 0.857. The molecule has 0 rings (SSSR count). The first kappa shape index (κ1) is 29.2. The molecule has 0 aromatic rings. The molecule has 178 valence electrons. The van der Waals surface area contributed by atoms with Crippen LogP contribution in [0.4, 0.5) is 8.78 Å². The molecule has 0 aliphatic heterocycles. The molecule has 9 heteroatoms. The van der Waals surface area contributed by atoms with Crippen LogP contribution in [-0.2, 0) is 18.6 Å². The Balaban J connectivity index is 3.61. The summed E-state index contributed by atoms with van der Waals surface area (Å²) in [7, 11) is -4.89. The number of rotatable bonds is 20. The number of unbranched alkanes of at least 4 members (excludes halogenated alkanes) is 11. The Hall–Kier alpha value is -0.820. The molecular formula is C21H39F2O6P. The molecular weight excluding hydrogens is 417 g/mol. The molecule has 0 aromatic carbocycles. The Bertz CT molecular complexity index is 496. The molecule has 0 heterocycles. The summed E-state index contributed by atoms with van der Waals surface area (Å²) in [5.41, 5.74) is 0. The first-order chi connectivity index (χ1) is 14.3. The number of hydrogen-bond acceptors (Lipinski definition) is 4. The number of hydrogen-bond donors (Lipinski definition) is 2. The molecule has 0 saturated heterocycles. The number of phosphoric acid groups is 1. The summed E-state index contributed by atoms with van der Waals surface area (Å²) < 4.78 is 44.6. The molecule has 0 amide bonds. The van der Waals surface area contributed by atoms with Crippen molar-refractivity contribution in [3.63, 3.8) is 0 Å². The Morgan fingerprint density at radius 1 is 0.900 bits per heavy atom. The number of halogens is 2. The first-order valence-electron chi connectivity index (χ1n) is 11.1. The van der Waals surface area contributed by atoms with E-state index in [9.17, 15) is 18.1 Å². The number of allylic oxidation sites excluding steroid dienone is 2. The zero-order valence-corrected chi connectivity index (χ0v) is 19.0. The molecule has 0 aliphatic carbocycles. The predicted octanol–water partition coefficient (Wildman–Crippen LogP) is 6.31. The molecule has 0 aromatic heterocycles. The van der Waals surface area contributed by atoms with Gasteiger partial charge in [-0.05, 0) is 32.1 Å². The van der Waals surface area contributed by atoms with Crippen molar-refractivity contribution in [3.05, 3.63) is 12.2 Å². The van der Waals surface area contributed by atoms with Crippen LogP contribution < -0.4 is 0 Å². The maximum Gasteiger partial charge on any atom is 0.469 e. The Morgan fingerprint density at radius 2 is 1.40 bits per heavy atom. The lowest BCUT2D eigenvalue weighted by atomic mass is 10.1. The Labute approximate surface area is 179 Å². The zero-order valence-electron chi connectivity index (χ0n) is 18.1. The minimum atomic E-state index is -4.89. The van der Waals surface area contributed by atoms with E-state index >= 15 is 0 Å². The van der Waals surface area contributed by atoms with E-state index in [4.69, 9.17) is 9.79 Å². The molecule has 0 unspecified atom stereocenters. The van der Waals surface area contributed by atoms with Gasteiger partial charge in [-0.2, -0.15) is 0 Å². The van der Waals surface area contributed by atoms with Crippen LogP contribution in [0.2, 0.25) is 0 Å². The highest BCUT2D eigenvalue weighted by Crippen LogP contribution is 2.36. The lowest BCUT2D eigenvalue weighted by Gasteiger charge is -2.17. The molecule has 0 aliphatic rings. The van der Waals surface area contributed by atoms with Gasteiger partial charge in [-0.3, -0.25) is 9.32 Å². The van der Waals surface area contributed by atoms with Crippen LogP contribution in [0.15, 0.2) is 12.2 Å². The average molecular weight is 457 g/mol. The second-order valence-electron chi connectivity index (χ2n) is 7.48. The molecule has 1 atom stereocenters. The maximum atomic E-state index is 12.7. The van der Waals surface area contributed by atoms with E-state index in [-0.39, 0.29) is 6.42 Å². The van der Waals surface area contributed by atoms with E-state index in [1.807, 2.05) is 0 Å². The summed E-state index contributed by atoms with van der Waals surface area (Å²) in [5, 5.41) is 0. The molecule has 2 N–H and O–H groups in total. The maximum absolute atomic E-state index is 12.7. The Kier molecular flexibility index (Phi) is 18.4. The summed E-state index contributed by atoms with van der Waals surface area (Å²) >= 11 is 0. The summed E-state index contributed by atoms with van der Waals surface area (Å²) in [6.07, 6.45) is 13.9. The van der Waals surface area contributed by atoms with Crippen LogP contribution in [0.5, 0.6) is 0 Å².